The molecule has 0 aliphatic carbocycles. The van der Waals surface area contributed by atoms with Crippen LogP contribution >= 0.6 is 0 Å². The second-order valence-corrected chi connectivity index (χ2v) is 29.5. The van der Waals surface area contributed by atoms with Crippen LogP contribution in [-0.4, -0.2) is 207 Å². The highest BCUT2D eigenvalue weighted by molar-refractivity contribution is 4.82. The molecule has 0 spiro atoms. The van der Waals surface area contributed by atoms with Crippen LogP contribution in [-0.2, 0) is 0 Å². The highest BCUT2D eigenvalue weighted by atomic mass is 16.3. The maximum absolute atomic E-state index is 9.74. The molecule has 0 aromatic heterocycles. The summed E-state index contributed by atoms with van der Waals surface area (Å²) >= 11 is 0. The first-order chi connectivity index (χ1) is 37.7. The maximum atomic E-state index is 9.74. The lowest BCUT2D eigenvalue weighted by atomic mass is 9.93. The molecule has 5 rings (SSSR count). The van der Waals surface area contributed by atoms with Gasteiger partial charge < -0.3 is 44.3 Å². The van der Waals surface area contributed by atoms with Gasteiger partial charge in [-0.2, -0.15) is 0 Å². The number of hydrogen-bond donors (Lipinski definition) is 1. The summed E-state index contributed by atoms with van der Waals surface area (Å²) in [6.07, 6.45) is 20.9. The van der Waals surface area contributed by atoms with Gasteiger partial charge in [0.05, 0.1) is 5.60 Å². The van der Waals surface area contributed by atoms with Crippen LogP contribution in [0.25, 0.3) is 0 Å². The van der Waals surface area contributed by atoms with Gasteiger partial charge in [0.15, 0.2) is 0 Å². The highest BCUT2D eigenvalue weighted by Gasteiger charge is 2.27. The van der Waals surface area contributed by atoms with E-state index in [-0.39, 0.29) is 0 Å². The summed E-state index contributed by atoms with van der Waals surface area (Å²) < 4.78 is 0. The number of piperazine rings is 1. The monoisotopic (exact) mass is 1140 g/mol. The molecule has 0 saturated carbocycles. The predicted octanol–water partition coefficient (Wildman–Crippen LogP) is 16.0. The predicted molar refractivity (Wildman–Crippen MR) is 362 cm³/mol. The fourth-order valence-corrected chi connectivity index (χ4v) is 10.6. The summed E-state index contributed by atoms with van der Waals surface area (Å²) in [4.78, 5) is 20.4. The van der Waals surface area contributed by atoms with Gasteiger partial charge in [0.1, 0.15) is 0 Å². The van der Waals surface area contributed by atoms with Gasteiger partial charge in [0, 0.05) is 58.9 Å². The van der Waals surface area contributed by atoms with E-state index in [0.29, 0.717) is 0 Å². The molecule has 5 fully saturated rings. The van der Waals surface area contributed by atoms with E-state index in [0.717, 1.165) is 79.2 Å². The Balaban J connectivity index is 0. The highest BCUT2D eigenvalue weighted by Crippen LogP contribution is 2.22. The van der Waals surface area contributed by atoms with Gasteiger partial charge in [-0.1, -0.05) is 145 Å². The average Bonchev–Trinajstić information content (AvgIpc) is 3.82. The van der Waals surface area contributed by atoms with Crippen molar-refractivity contribution < 1.29 is 5.11 Å². The summed E-state index contributed by atoms with van der Waals surface area (Å²) in [6.45, 7) is 77.1. The Hall–Kier alpha value is -0.360. The first-order valence-corrected chi connectivity index (χ1v) is 35.2. The van der Waals surface area contributed by atoms with E-state index in [1.165, 1.54) is 227 Å². The number of piperidine rings is 2. The van der Waals surface area contributed by atoms with E-state index in [4.69, 9.17) is 0 Å². The van der Waals surface area contributed by atoms with Crippen LogP contribution in [0.1, 0.15) is 248 Å². The summed E-state index contributed by atoms with van der Waals surface area (Å²) in [5, 5.41) is 9.74. The van der Waals surface area contributed by atoms with Crippen molar-refractivity contribution in [2.45, 2.75) is 254 Å². The van der Waals surface area contributed by atoms with E-state index in [2.05, 4.69) is 185 Å². The standard InChI is InChI=1S/C12H26N2.C11H23NO.2C10H21N.C10H23N.C9H19N.C9H21N/c1-4-6-13-8-10-14(11-9-13)7-5-12(2)3;1-10(2)4-7-12-8-5-11(3,13)6-9-12;1-9(2)4-6-11-7-5-10(3)8-11;1-10(2)6-9-11-7-4-3-5-8-11;1-5-8-11(6-2)9-7-10(3)4;1-8(2)4-5-10-6-9(3)7-10;1-5-7-10(4)8-6-9(2)3/h12H,4-11H2,1-3H3;10,13H,4-9H2,1-3H3;9-10H,4-8H2,1-3H3;10H,3-9H2,1-2H3;10H,5-9H2,1-4H3;8-9H,4-7H2,1-3H3;9H,5-8H2,1-4H3. The Kier molecular flexibility index (Phi) is 52.9. The van der Waals surface area contributed by atoms with Crippen LogP contribution in [0.2, 0.25) is 0 Å². The molecule has 5 aliphatic heterocycles. The molecular formula is C71H154N8O. The zero-order chi connectivity index (χ0) is 60.9. The van der Waals surface area contributed by atoms with E-state index < -0.39 is 5.60 Å². The Labute approximate surface area is 506 Å². The summed E-state index contributed by atoms with van der Waals surface area (Å²) in [5.41, 5.74) is -0.395. The molecule has 484 valence electrons. The van der Waals surface area contributed by atoms with Crippen molar-refractivity contribution in [3.8, 4) is 0 Å². The molecule has 80 heavy (non-hydrogen) atoms. The molecule has 1 unspecified atom stereocenters. The molecule has 9 nitrogen and oxygen atoms in total. The zero-order valence-electron chi connectivity index (χ0n) is 59.3. The third-order valence-electron chi connectivity index (χ3n) is 16.9. The number of likely N-dealkylation sites (tertiary alicyclic amines) is 4. The lowest BCUT2D eigenvalue weighted by Crippen LogP contribution is -2.46. The lowest BCUT2D eigenvalue weighted by molar-refractivity contribution is -0.00605. The SMILES string of the molecule is CC(C)CCN1CC(C)C1.CC(C)CCN1CCC(C)(O)CC1.CC(C)CCN1CCC(C)C1.CC(C)CCN1CCCCC1.CCCN(C)CCC(C)C.CCCN(CC)CCC(C)C.CCCN1CCN(CCC(C)C)CC1. The van der Waals surface area contributed by atoms with Crippen molar-refractivity contribution in [3.63, 3.8) is 0 Å². The van der Waals surface area contributed by atoms with Gasteiger partial charge >= 0.3 is 0 Å². The normalized spacial score (nSPS) is 19.7. The number of aliphatic hydroxyl groups is 1. The van der Waals surface area contributed by atoms with Crippen LogP contribution in [0.5, 0.6) is 0 Å². The second-order valence-electron chi connectivity index (χ2n) is 29.5. The number of nitrogens with zero attached hydrogens (tertiary/aromatic N) is 8. The molecular weight excluding hydrogens is 981 g/mol. The number of hydrogen-bond acceptors (Lipinski definition) is 9. The van der Waals surface area contributed by atoms with Crippen molar-refractivity contribution in [3.05, 3.63) is 0 Å². The van der Waals surface area contributed by atoms with Gasteiger partial charge in [0.2, 0.25) is 0 Å². The molecule has 9 heteroatoms. The molecule has 5 saturated heterocycles. The third kappa shape index (κ3) is 53.1. The van der Waals surface area contributed by atoms with Crippen molar-refractivity contribution in [2.24, 2.45) is 53.3 Å². The summed E-state index contributed by atoms with van der Waals surface area (Å²) in [7, 11) is 2.20. The fourth-order valence-electron chi connectivity index (χ4n) is 10.6. The largest absolute Gasteiger partial charge is 0.390 e. The molecule has 0 amide bonds. The molecule has 0 aromatic rings. The van der Waals surface area contributed by atoms with Crippen LogP contribution in [0.15, 0.2) is 0 Å². The topological polar surface area (TPSA) is 46.2 Å². The van der Waals surface area contributed by atoms with Crippen molar-refractivity contribution >= 4 is 0 Å². The van der Waals surface area contributed by atoms with Gasteiger partial charge in [-0.25, -0.2) is 0 Å². The minimum absolute atomic E-state index is 0.395. The van der Waals surface area contributed by atoms with Gasteiger partial charge in [-0.05, 0) is 255 Å². The van der Waals surface area contributed by atoms with E-state index in [1.807, 2.05) is 6.92 Å². The van der Waals surface area contributed by atoms with Crippen LogP contribution in [0, 0.1) is 53.3 Å². The Morgan fingerprint density at radius 2 is 0.750 bits per heavy atom. The third-order valence-corrected chi connectivity index (χ3v) is 16.9. The van der Waals surface area contributed by atoms with Crippen molar-refractivity contribution in [1.29, 1.82) is 0 Å². The van der Waals surface area contributed by atoms with E-state index >= 15 is 0 Å². The Bertz CT molecular complexity index is 1220. The van der Waals surface area contributed by atoms with Crippen LogP contribution < -0.4 is 0 Å². The Morgan fingerprint density at radius 3 is 1.11 bits per heavy atom. The van der Waals surface area contributed by atoms with Crippen LogP contribution in [0.3, 0.4) is 0 Å². The average molecular weight is 1140 g/mol. The quantitative estimate of drug-likeness (QED) is 0.0825. The summed E-state index contributed by atoms with van der Waals surface area (Å²) in [5.74, 6) is 7.86. The molecule has 5 aliphatic rings. The van der Waals surface area contributed by atoms with Crippen molar-refractivity contribution in [2.75, 3.05) is 158 Å². The lowest BCUT2D eigenvalue weighted by Gasteiger charge is -2.37. The smallest absolute Gasteiger partial charge is 0.0644 e. The molecule has 1 atom stereocenters. The minimum atomic E-state index is -0.395. The van der Waals surface area contributed by atoms with Gasteiger partial charge in [-0.3, -0.25) is 0 Å². The summed E-state index contributed by atoms with van der Waals surface area (Å²) in [6, 6.07) is 0. The Morgan fingerprint density at radius 1 is 0.388 bits per heavy atom. The number of rotatable bonds is 28. The molecule has 0 radical (unpaired) electrons. The molecule has 5 heterocycles. The molecule has 0 aromatic carbocycles. The minimum Gasteiger partial charge on any atom is -0.390 e. The zero-order valence-corrected chi connectivity index (χ0v) is 59.3. The van der Waals surface area contributed by atoms with E-state index in [9.17, 15) is 5.11 Å². The maximum Gasteiger partial charge on any atom is 0.0644 e. The van der Waals surface area contributed by atoms with Gasteiger partial charge in [0.25, 0.3) is 0 Å². The second kappa shape index (κ2) is 51.8. The molecule has 0 bridgehead atoms. The fraction of sp³-hybridized carbons (Fsp3) is 1.00. The molecule has 1 N–H and O–H groups in total. The first kappa shape index (κ1) is 81.7. The first-order valence-electron chi connectivity index (χ1n) is 35.2. The van der Waals surface area contributed by atoms with Crippen molar-refractivity contribution in [1.82, 2.24) is 39.2 Å². The van der Waals surface area contributed by atoms with E-state index in [1.54, 1.807) is 0 Å². The van der Waals surface area contributed by atoms with Gasteiger partial charge in [-0.15, -0.1) is 0 Å². The van der Waals surface area contributed by atoms with Crippen LogP contribution in [0.4, 0.5) is 0 Å².